The fourth-order valence-electron chi connectivity index (χ4n) is 2.47. The molecule has 0 bridgehead atoms. The van der Waals surface area contributed by atoms with Gasteiger partial charge in [0, 0.05) is 25.9 Å². The topological polar surface area (TPSA) is 46.3 Å². The Bertz CT molecular complexity index is 262. The monoisotopic (exact) mass is 256 g/mol. The van der Waals surface area contributed by atoms with Crippen LogP contribution in [0.25, 0.3) is 0 Å². The molecule has 0 aromatic rings. The van der Waals surface area contributed by atoms with Gasteiger partial charge in [-0.05, 0) is 25.7 Å². The van der Waals surface area contributed by atoms with Gasteiger partial charge in [-0.2, -0.15) is 0 Å². The van der Waals surface area contributed by atoms with Crippen molar-refractivity contribution in [1.29, 1.82) is 0 Å². The molecule has 0 unspecified atom stereocenters. The Labute approximate surface area is 110 Å². The van der Waals surface area contributed by atoms with Crippen LogP contribution in [0.5, 0.6) is 0 Å². The summed E-state index contributed by atoms with van der Waals surface area (Å²) in [6.45, 7) is 3.45. The molecule has 0 radical (unpaired) electrons. The summed E-state index contributed by atoms with van der Waals surface area (Å²) in [4.78, 5) is 14.5. The first kappa shape index (κ1) is 14.4. The summed E-state index contributed by atoms with van der Waals surface area (Å²) in [6, 6.07) is 0. The third kappa shape index (κ3) is 5.48. The summed E-state index contributed by atoms with van der Waals surface area (Å²) >= 11 is 4.85. The van der Waals surface area contributed by atoms with Crippen LogP contribution in [0.15, 0.2) is 0 Å². The standard InChI is InChI=1S/C13H24N2OS/c1-2-15(9-8-12(14)17)13(16)10-11-6-4-3-5-7-11/h11H,2-10H2,1H3,(H2,14,17). The zero-order valence-electron chi connectivity index (χ0n) is 10.8. The van der Waals surface area contributed by atoms with Crippen molar-refractivity contribution in [3.8, 4) is 0 Å². The molecule has 1 aliphatic carbocycles. The maximum atomic E-state index is 12.1. The van der Waals surface area contributed by atoms with Crippen molar-refractivity contribution in [2.24, 2.45) is 11.7 Å². The number of carbonyl (C=O) groups excluding carboxylic acids is 1. The maximum absolute atomic E-state index is 12.1. The molecular weight excluding hydrogens is 232 g/mol. The van der Waals surface area contributed by atoms with Crippen LogP contribution in [0.1, 0.15) is 51.9 Å². The second kappa shape index (κ2) is 7.64. The lowest BCUT2D eigenvalue weighted by Crippen LogP contribution is -2.34. The minimum atomic E-state index is 0.274. The average Bonchev–Trinajstić information content (AvgIpc) is 2.30. The van der Waals surface area contributed by atoms with E-state index in [9.17, 15) is 4.79 Å². The number of nitrogens with zero attached hydrogens (tertiary/aromatic N) is 1. The van der Waals surface area contributed by atoms with Crippen LogP contribution >= 0.6 is 12.2 Å². The first-order valence-corrected chi connectivity index (χ1v) is 7.10. The highest BCUT2D eigenvalue weighted by Crippen LogP contribution is 2.26. The van der Waals surface area contributed by atoms with E-state index in [1.54, 1.807) is 0 Å². The molecule has 1 saturated carbocycles. The predicted molar refractivity (Wildman–Crippen MR) is 74.8 cm³/mol. The van der Waals surface area contributed by atoms with Gasteiger partial charge in [0.15, 0.2) is 0 Å². The van der Waals surface area contributed by atoms with Gasteiger partial charge in [-0.1, -0.05) is 31.5 Å². The highest BCUT2D eigenvalue weighted by molar-refractivity contribution is 7.80. The Morgan fingerprint density at radius 1 is 1.35 bits per heavy atom. The van der Waals surface area contributed by atoms with Crippen LogP contribution in [0.2, 0.25) is 0 Å². The third-order valence-electron chi connectivity index (χ3n) is 3.55. The van der Waals surface area contributed by atoms with Gasteiger partial charge in [0.25, 0.3) is 0 Å². The molecule has 17 heavy (non-hydrogen) atoms. The van der Waals surface area contributed by atoms with Gasteiger partial charge in [0.1, 0.15) is 0 Å². The van der Waals surface area contributed by atoms with Gasteiger partial charge >= 0.3 is 0 Å². The van der Waals surface area contributed by atoms with Crippen molar-refractivity contribution in [2.75, 3.05) is 13.1 Å². The van der Waals surface area contributed by atoms with Crippen molar-refractivity contribution < 1.29 is 4.79 Å². The van der Waals surface area contributed by atoms with Gasteiger partial charge in [0.05, 0.1) is 4.99 Å². The van der Waals surface area contributed by atoms with Crippen LogP contribution in [0.4, 0.5) is 0 Å². The highest BCUT2D eigenvalue weighted by Gasteiger charge is 2.20. The largest absolute Gasteiger partial charge is 0.393 e. The zero-order chi connectivity index (χ0) is 12.7. The zero-order valence-corrected chi connectivity index (χ0v) is 11.6. The van der Waals surface area contributed by atoms with Gasteiger partial charge in [-0.15, -0.1) is 0 Å². The lowest BCUT2D eigenvalue weighted by Gasteiger charge is -2.26. The number of thiocarbonyl (C=S) groups is 1. The Hall–Kier alpha value is -0.640. The van der Waals surface area contributed by atoms with E-state index in [4.69, 9.17) is 18.0 Å². The molecule has 2 N–H and O–H groups in total. The number of carbonyl (C=O) groups is 1. The smallest absolute Gasteiger partial charge is 0.222 e. The van der Waals surface area contributed by atoms with Crippen LogP contribution in [-0.2, 0) is 4.79 Å². The molecule has 1 rings (SSSR count). The van der Waals surface area contributed by atoms with Crippen molar-refractivity contribution in [2.45, 2.75) is 51.9 Å². The fraction of sp³-hybridized carbons (Fsp3) is 0.846. The highest BCUT2D eigenvalue weighted by atomic mass is 32.1. The number of amides is 1. The maximum Gasteiger partial charge on any atom is 0.222 e. The van der Waals surface area contributed by atoms with Gasteiger partial charge in [-0.25, -0.2) is 0 Å². The molecule has 1 fully saturated rings. The van der Waals surface area contributed by atoms with Crippen LogP contribution < -0.4 is 5.73 Å². The molecule has 0 spiro atoms. The van der Waals surface area contributed by atoms with Crippen LogP contribution in [-0.4, -0.2) is 28.9 Å². The van der Waals surface area contributed by atoms with E-state index in [0.29, 0.717) is 30.3 Å². The molecule has 98 valence electrons. The number of nitrogens with two attached hydrogens (primary N) is 1. The SMILES string of the molecule is CCN(CCC(N)=S)C(=O)CC1CCCCC1. The van der Waals surface area contributed by atoms with E-state index >= 15 is 0 Å². The van der Waals surface area contributed by atoms with Crippen LogP contribution in [0.3, 0.4) is 0 Å². The molecule has 3 nitrogen and oxygen atoms in total. The first-order valence-electron chi connectivity index (χ1n) is 6.69. The second-order valence-corrected chi connectivity index (χ2v) is 5.42. The predicted octanol–water partition coefficient (Wildman–Crippen LogP) is 2.48. The van der Waals surface area contributed by atoms with Crippen molar-refractivity contribution >= 4 is 23.1 Å². The van der Waals surface area contributed by atoms with Gasteiger partial charge in [-0.3, -0.25) is 4.79 Å². The Morgan fingerprint density at radius 3 is 2.53 bits per heavy atom. The summed E-state index contributed by atoms with van der Waals surface area (Å²) in [6.07, 6.45) is 7.71. The Morgan fingerprint density at radius 2 is 2.00 bits per heavy atom. The van der Waals surface area contributed by atoms with Crippen molar-refractivity contribution in [3.63, 3.8) is 0 Å². The minimum Gasteiger partial charge on any atom is -0.393 e. The first-order chi connectivity index (χ1) is 8.13. The molecule has 4 heteroatoms. The molecule has 0 aromatic heterocycles. The number of rotatable bonds is 6. The van der Waals surface area contributed by atoms with E-state index in [1.165, 1.54) is 32.1 Å². The molecule has 0 aromatic carbocycles. The third-order valence-corrected chi connectivity index (χ3v) is 3.75. The van der Waals surface area contributed by atoms with Crippen molar-refractivity contribution in [1.82, 2.24) is 4.90 Å². The Kier molecular flexibility index (Phi) is 6.48. The lowest BCUT2D eigenvalue weighted by atomic mass is 9.86. The molecule has 1 amide bonds. The molecular formula is C13H24N2OS. The molecule has 0 saturated heterocycles. The van der Waals surface area contributed by atoms with Crippen LogP contribution in [0, 0.1) is 5.92 Å². The van der Waals surface area contributed by atoms with Gasteiger partial charge in [0.2, 0.25) is 5.91 Å². The summed E-state index contributed by atoms with van der Waals surface area (Å²) in [5.41, 5.74) is 5.47. The summed E-state index contributed by atoms with van der Waals surface area (Å²) < 4.78 is 0. The summed E-state index contributed by atoms with van der Waals surface area (Å²) in [5, 5.41) is 0. The van der Waals surface area contributed by atoms with E-state index in [1.807, 2.05) is 11.8 Å². The number of hydrogen-bond donors (Lipinski definition) is 1. The van der Waals surface area contributed by atoms with E-state index in [-0.39, 0.29) is 5.91 Å². The van der Waals surface area contributed by atoms with E-state index < -0.39 is 0 Å². The van der Waals surface area contributed by atoms with E-state index in [2.05, 4.69) is 0 Å². The number of hydrogen-bond acceptors (Lipinski definition) is 2. The molecule has 0 atom stereocenters. The van der Waals surface area contributed by atoms with E-state index in [0.717, 1.165) is 6.54 Å². The minimum absolute atomic E-state index is 0.274. The average molecular weight is 256 g/mol. The molecule has 0 aliphatic heterocycles. The summed E-state index contributed by atoms with van der Waals surface area (Å²) in [7, 11) is 0. The Balaban J connectivity index is 2.34. The molecule has 1 aliphatic rings. The quantitative estimate of drug-likeness (QED) is 0.743. The second-order valence-electron chi connectivity index (χ2n) is 4.90. The lowest BCUT2D eigenvalue weighted by molar-refractivity contribution is -0.132. The summed E-state index contributed by atoms with van der Waals surface area (Å²) in [5.74, 6) is 0.880. The van der Waals surface area contributed by atoms with Crippen molar-refractivity contribution in [3.05, 3.63) is 0 Å². The van der Waals surface area contributed by atoms with Gasteiger partial charge < -0.3 is 10.6 Å². The normalized spacial score (nSPS) is 16.8. The fourth-order valence-corrected chi connectivity index (χ4v) is 2.56. The molecule has 0 heterocycles.